The highest BCUT2D eigenvalue weighted by Gasteiger charge is 2.17. The number of amides is 1. The third-order valence-electron chi connectivity index (χ3n) is 4.60. The van der Waals surface area contributed by atoms with Crippen LogP contribution in [0.3, 0.4) is 0 Å². The Kier molecular flexibility index (Phi) is 6.16. The second kappa shape index (κ2) is 8.75. The van der Waals surface area contributed by atoms with Crippen LogP contribution in [0.4, 0.5) is 0 Å². The van der Waals surface area contributed by atoms with E-state index in [1.54, 1.807) is 13.4 Å². The molecule has 0 fully saturated rings. The van der Waals surface area contributed by atoms with Crippen molar-refractivity contribution in [2.75, 3.05) is 13.7 Å². The third-order valence-corrected chi connectivity index (χ3v) is 4.60. The van der Waals surface area contributed by atoms with E-state index in [0.29, 0.717) is 24.5 Å². The molecule has 28 heavy (non-hydrogen) atoms. The Morgan fingerprint density at radius 1 is 1.18 bits per heavy atom. The fraction of sp³-hybridized carbons (Fsp3) is 0.333. The van der Waals surface area contributed by atoms with Gasteiger partial charge < -0.3 is 14.6 Å². The molecule has 0 spiro atoms. The molecule has 1 unspecified atom stereocenters. The fourth-order valence-electron chi connectivity index (χ4n) is 3.10. The number of aromatic nitrogens is 4. The third kappa shape index (κ3) is 4.43. The molecule has 2 heterocycles. The van der Waals surface area contributed by atoms with E-state index in [-0.39, 0.29) is 11.9 Å². The van der Waals surface area contributed by atoms with Crippen LogP contribution in [0.5, 0.6) is 0 Å². The zero-order valence-electron chi connectivity index (χ0n) is 16.6. The number of rotatable bonds is 7. The van der Waals surface area contributed by atoms with Gasteiger partial charge in [-0.25, -0.2) is 0 Å². The van der Waals surface area contributed by atoms with Gasteiger partial charge in [0.2, 0.25) is 0 Å². The summed E-state index contributed by atoms with van der Waals surface area (Å²) in [6.45, 7) is 7.05. The first-order chi connectivity index (χ1) is 13.5. The summed E-state index contributed by atoms with van der Waals surface area (Å²) in [5.74, 6) is 0.544. The number of nitrogens with one attached hydrogen (secondary N) is 1. The molecular formula is C21H25N5O2. The normalized spacial score (nSPS) is 12.0. The van der Waals surface area contributed by atoms with E-state index < -0.39 is 0 Å². The molecule has 3 aromatic rings. The lowest BCUT2D eigenvalue weighted by Gasteiger charge is -2.15. The van der Waals surface area contributed by atoms with E-state index in [2.05, 4.69) is 26.6 Å². The Bertz CT molecular complexity index is 950. The van der Waals surface area contributed by atoms with Crippen LogP contribution >= 0.6 is 0 Å². The van der Waals surface area contributed by atoms with E-state index in [9.17, 15) is 4.79 Å². The standard InChI is InChI=1S/C21H25N5O2/c1-14-5-10-19(15(2)23-14)17-6-8-18(9-7-17)21(27)24-16(3)20-25-22-13-26(20)11-12-28-4/h5-10,13,16H,11-12H2,1-4H3,(H,24,27). The molecule has 0 aliphatic rings. The van der Waals surface area contributed by atoms with Crippen LogP contribution in [-0.4, -0.2) is 39.4 Å². The van der Waals surface area contributed by atoms with Gasteiger partial charge in [0.05, 0.1) is 12.6 Å². The summed E-state index contributed by atoms with van der Waals surface area (Å²) in [4.78, 5) is 17.1. The zero-order valence-corrected chi connectivity index (χ0v) is 16.6. The minimum Gasteiger partial charge on any atom is -0.383 e. The average molecular weight is 379 g/mol. The molecule has 0 radical (unpaired) electrons. The summed E-state index contributed by atoms with van der Waals surface area (Å²) >= 11 is 0. The van der Waals surface area contributed by atoms with Crippen molar-refractivity contribution in [1.29, 1.82) is 0 Å². The Morgan fingerprint density at radius 3 is 2.61 bits per heavy atom. The van der Waals surface area contributed by atoms with E-state index in [1.165, 1.54) is 0 Å². The maximum atomic E-state index is 12.6. The van der Waals surface area contributed by atoms with Crippen LogP contribution in [0.25, 0.3) is 11.1 Å². The van der Waals surface area contributed by atoms with Crippen LogP contribution in [-0.2, 0) is 11.3 Å². The summed E-state index contributed by atoms with van der Waals surface area (Å²) in [7, 11) is 1.65. The van der Waals surface area contributed by atoms with Gasteiger partial charge in [0.25, 0.3) is 5.91 Å². The van der Waals surface area contributed by atoms with Gasteiger partial charge in [0, 0.05) is 36.2 Å². The maximum absolute atomic E-state index is 12.6. The summed E-state index contributed by atoms with van der Waals surface area (Å²) in [5.41, 5.74) is 4.66. The molecule has 0 saturated heterocycles. The lowest BCUT2D eigenvalue weighted by molar-refractivity contribution is 0.0937. The number of hydrogen-bond donors (Lipinski definition) is 1. The lowest BCUT2D eigenvalue weighted by Crippen LogP contribution is -2.29. The SMILES string of the molecule is COCCn1cnnc1C(C)NC(=O)c1ccc(-c2ccc(C)nc2C)cc1. The number of aryl methyl sites for hydroxylation is 2. The van der Waals surface area contributed by atoms with Gasteiger partial charge in [-0.3, -0.25) is 9.78 Å². The van der Waals surface area contributed by atoms with Crippen LogP contribution < -0.4 is 5.32 Å². The van der Waals surface area contributed by atoms with E-state index in [1.807, 2.05) is 55.7 Å². The van der Waals surface area contributed by atoms with Crippen LogP contribution in [0, 0.1) is 13.8 Å². The Hall–Kier alpha value is -3.06. The summed E-state index contributed by atoms with van der Waals surface area (Å²) in [6.07, 6.45) is 1.64. The van der Waals surface area contributed by atoms with Gasteiger partial charge in [-0.05, 0) is 44.5 Å². The summed E-state index contributed by atoms with van der Waals surface area (Å²) < 4.78 is 6.97. The van der Waals surface area contributed by atoms with Crippen molar-refractivity contribution in [2.24, 2.45) is 0 Å². The number of nitrogens with zero attached hydrogens (tertiary/aromatic N) is 4. The van der Waals surface area contributed by atoms with Gasteiger partial charge >= 0.3 is 0 Å². The van der Waals surface area contributed by atoms with Crippen LogP contribution in [0.2, 0.25) is 0 Å². The molecule has 1 aromatic carbocycles. The number of pyridine rings is 1. The Balaban J connectivity index is 1.70. The molecule has 7 nitrogen and oxygen atoms in total. The smallest absolute Gasteiger partial charge is 0.251 e. The maximum Gasteiger partial charge on any atom is 0.251 e. The second-order valence-corrected chi connectivity index (χ2v) is 6.73. The highest BCUT2D eigenvalue weighted by Crippen LogP contribution is 2.23. The predicted molar refractivity (Wildman–Crippen MR) is 107 cm³/mol. The molecular weight excluding hydrogens is 354 g/mol. The number of carbonyl (C=O) groups is 1. The highest BCUT2D eigenvalue weighted by atomic mass is 16.5. The topological polar surface area (TPSA) is 81.9 Å². The zero-order chi connectivity index (χ0) is 20.1. The largest absolute Gasteiger partial charge is 0.383 e. The monoisotopic (exact) mass is 379 g/mol. The number of benzene rings is 1. The molecule has 1 atom stereocenters. The van der Waals surface area contributed by atoms with Crippen molar-refractivity contribution in [3.63, 3.8) is 0 Å². The first-order valence-electron chi connectivity index (χ1n) is 9.21. The molecule has 1 N–H and O–H groups in total. The molecule has 0 bridgehead atoms. The number of ether oxygens (including phenoxy) is 1. The van der Waals surface area contributed by atoms with E-state index in [4.69, 9.17) is 4.74 Å². The molecule has 7 heteroatoms. The van der Waals surface area contributed by atoms with Crippen molar-refractivity contribution in [3.05, 3.63) is 65.5 Å². The minimum atomic E-state index is -0.268. The first kappa shape index (κ1) is 19.7. The first-order valence-corrected chi connectivity index (χ1v) is 9.21. The van der Waals surface area contributed by atoms with E-state index in [0.717, 1.165) is 22.5 Å². The van der Waals surface area contributed by atoms with Crippen molar-refractivity contribution in [2.45, 2.75) is 33.4 Å². The Morgan fingerprint density at radius 2 is 1.93 bits per heavy atom. The van der Waals surface area contributed by atoms with Gasteiger partial charge in [-0.15, -0.1) is 10.2 Å². The van der Waals surface area contributed by atoms with Crippen molar-refractivity contribution < 1.29 is 9.53 Å². The molecule has 3 rings (SSSR count). The number of hydrogen-bond acceptors (Lipinski definition) is 5. The number of methoxy groups -OCH3 is 1. The molecule has 2 aromatic heterocycles. The quantitative estimate of drug-likeness (QED) is 0.682. The van der Waals surface area contributed by atoms with Gasteiger partial charge in [-0.2, -0.15) is 0 Å². The average Bonchev–Trinajstić information content (AvgIpc) is 3.15. The van der Waals surface area contributed by atoms with Crippen LogP contribution in [0.15, 0.2) is 42.7 Å². The highest BCUT2D eigenvalue weighted by molar-refractivity contribution is 5.94. The molecule has 146 valence electrons. The number of carbonyl (C=O) groups excluding carboxylic acids is 1. The molecule has 0 saturated carbocycles. The predicted octanol–water partition coefficient (Wildman–Crippen LogP) is 3.09. The molecule has 1 amide bonds. The van der Waals surface area contributed by atoms with Crippen molar-refractivity contribution in [1.82, 2.24) is 25.1 Å². The fourth-order valence-corrected chi connectivity index (χ4v) is 3.10. The summed E-state index contributed by atoms with van der Waals surface area (Å²) in [6, 6.07) is 11.3. The summed E-state index contributed by atoms with van der Waals surface area (Å²) in [5, 5.41) is 11.0. The van der Waals surface area contributed by atoms with Gasteiger partial charge in [0.1, 0.15) is 6.33 Å². The lowest BCUT2D eigenvalue weighted by atomic mass is 10.0. The molecule has 0 aliphatic heterocycles. The molecule has 0 aliphatic carbocycles. The van der Waals surface area contributed by atoms with Crippen molar-refractivity contribution in [3.8, 4) is 11.1 Å². The van der Waals surface area contributed by atoms with Crippen molar-refractivity contribution >= 4 is 5.91 Å². The minimum absolute atomic E-state index is 0.154. The van der Waals surface area contributed by atoms with Gasteiger partial charge in [-0.1, -0.05) is 18.2 Å². The second-order valence-electron chi connectivity index (χ2n) is 6.73. The Labute approximate surface area is 164 Å². The van der Waals surface area contributed by atoms with E-state index >= 15 is 0 Å². The van der Waals surface area contributed by atoms with Gasteiger partial charge in [0.15, 0.2) is 5.82 Å². The van der Waals surface area contributed by atoms with Crippen LogP contribution in [0.1, 0.15) is 40.5 Å².